The van der Waals surface area contributed by atoms with Crippen LogP contribution in [0.3, 0.4) is 0 Å². The minimum absolute atomic E-state index is 0.0501. The summed E-state index contributed by atoms with van der Waals surface area (Å²) in [5.41, 5.74) is -1.81. The van der Waals surface area contributed by atoms with E-state index in [4.69, 9.17) is 23.4 Å². The van der Waals surface area contributed by atoms with Gasteiger partial charge in [-0.3, -0.25) is 14.5 Å². The van der Waals surface area contributed by atoms with Gasteiger partial charge in [0, 0.05) is 4.91 Å². The molecule has 0 bridgehead atoms. The molecule has 12 heteroatoms. The van der Waals surface area contributed by atoms with Gasteiger partial charge in [0.15, 0.2) is 13.9 Å². The van der Waals surface area contributed by atoms with E-state index in [2.05, 4.69) is 33.9 Å². The third-order valence-electron chi connectivity index (χ3n) is 6.82. The largest absolute Gasteiger partial charge is 0.509 e. The highest BCUT2D eigenvalue weighted by molar-refractivity contribution is 8.04. The van der Waals surface area contributed by atoms with Crippen molar-refractivity contribution in [2.24, 2.45) is 11.3 Å². The van der Waals surface area contributed by atoms with Crippen molar-refractivity contribution >= 4 is 44.1 Å². The molecule has 3 aliphatic rings. The summed E-state index contributed by atoms with van der Waals surface area (Å²) in [6.45, 7) is 16.7. The zero-order chi connectivity index (χ0) is 26.6. The highest BCUT2D eigenvalue weighted by atomic mass is 32.2. The predicted octanol–water partition coefficient (Wildman–Crippen LogP) is 3.77. The van der Waals surface area contributed by atoms with Gasteiger partial charge >= 0.3 is 18.1 Å². The van der Waals surface area contributed by atoms with E-state index in [1.807, 2.05) is 0 Å². The second-order valence-corrected chi connectivity index (χ2v) is 17.7. The smallest absolute Gasteiger partial charge is 0.430 e. The zero-order valence-corrected chi connectivity index (χ0v) is 23.6. The van der Waals surface area contributed by atoms with Crippen LogP contribution in [-0.2, 0) is 37.8 Å². The molecular formula is C23H35NO9SSi. The number of hydrogen-bond donors (Lipinski definition) is 0. The summed E-state index contributed by atoms with van der Waals surface area (Å²) in [6, 6.07) is 0. The quantitative estimate of drug-likeness (QED) is 0.209. The van der Waals surface area contributed by atoms with Crippen LogP contribution in [-0.4, -0.2) is 68.2 Å². The van der Waals surface area contributed by atoms with Gasteiger partial charge in [-0.2, -0.15) is 0 Å². The first-order chi connectivity index (χ1) is 15.9. The molecule has 3 rings (SSSR count). The van der Waals surface area contributed by atoms with Gasteiger partial charge in [-0.15, -0.1) is 0 Å². The van der Waals surface area contributed by atoms with Crippen LogP contribution in [0.25, 0.3) is 0 Å². The van der Waals surface area contributed by atoms with Crippen LogP contribution >= 0.6 is 11.8 Å². The number of amides is 1. The number of thioether (sulfide) groups is 1. The highest BCUT2D eigenvalue weighted by Crippen LogP contribution is 2.54. The molecule has 10 nitrogen and oxygen atoms in total. The van der Waals surface area contributed by atoms with E-state index in [0.29, 0.717) is 4.91 Å². The van der Waals surface area contributed by atoms with Crippen molar-refractivity contribution in [2.75, 3.05) is 20.0 Å². The van der Waals surface area contributed by atoms with Crippen LogP contribution < -0.4 is 0 Å². The fraction of sp³-hybridized carbons (Fsp3) is 0.739. The molecule has 0 aliphatic carbocycles. The van der Waals surface area contributed by atoms with Crippen molar-refractivity contribution in [3.05, 3.63) is 10.6 Å². The molecule has 0 aromatic heterocycles. The molecule has 3 aliphatic heterocycles. The normalized spacial score (nSPS) is 26.7. The van der Waals surface area contributed by atoms with Crippen molar-refractivity contribution < 1.29 is 42.6 Å². The van der Waals surface area contributed by atoms with E-state index < -0.39 is 55.5 Å². The van der Waals surface area contributed by atoms with Gasteiger partial charge in [0.05, 0.1) is 12.0 Å². The van der Waals surface area contributed by atoms with Crippen LogP contribution in [0.1, 0.15) is 48.5 Å². The molecule has 2 unspecified atom stereocenters. The minimum atomic E-state index is -2.17. The lowest BCUT2D eigenvalue weighted by Gasteiger charge is -2.47. The summed E-state index contributed by atoms with van der Waals surface area (Å²) in [6.07, 6.45) is -0.823. The lowest BCUT2D eigenvalue weighted by atomic mass is 9.81. The Balaban J connectivity index is 1.80. The number of cyclic esters (lactones) is 2. The fourth-order valence-electron chi connectivity index (χ4n) is 3.52. The molecule has 196 valence electrons. The molecule has 3 heterocycles. The Bertz CT molecular complexity index is 965. The van der Waals surface area contributed by atoms with E-state index in [-0.39, 0.29) is 29.9 Å². The maximum Gasteiger partial charge on any atom is 0.509 e. The Kier molecular flexibility index (Phi) is 7.17. The van der Waals surface area contributed by atoms with Crippen LogP contribution in [0.4, 0.5) is 4.79 Å². The number of fused-ring (bicyclic) bond motifs is 1. The first-order valence-corrected chi connectivity index (χ1v) is 15.2. The van der Waals surface area contributed by atoms with Crippen molar-refractivity contribution in [2.45, 2.75) is 77.6 Å². The summed E-state index contributed by atoms with van der Waals surface area (Å²) in [5, 5.41) is -0.529. The summed E-state index contributed by atoms with van der Waals surface area (Å²) in [7, 11) is -2.17. The van der Waals surface area contributed by atoms with Gasteiger partial charge in [-0.1, -0.05) is 32.5 Å². The Labute approximate surface area is 211 Å². The van der Waals surface area contributed by atoms with Gasteiger partial charge < -0.3 is 23.4 Å². The zero-order valence-electron chi connectivity index (χ0n) is 21.8. The molecule has 2 saturated heterocycles. The van der Waals surface area contributed by atoms with Crippen LogP contribution in [0.2, 0.25) is 18.1 Å². The highest BCUT2D eigenvalue weighted by Gasteiger charge is 2.65. The number of nitrogens with zero attached hydrogens (tertiary/aromatic N) is 1. The van der Waals surface area contributed by atoms with Gasteiger partial charge in [0.25, 0.3) is 0 Å². The van der Waals surface area contributed by atoms with E-state index >= 15 is 0 Å². The fourth-order valence-corrected chi connectivity index (χ4v) is 6.13. The number of carbonyl (C=O) groups is 4. The third-order valence-corrected chi connectivity index (χ3v) is 12.6. The molecule has 0 spiro atoms. The number of carbonyl (C=O) groups excluding carboxylic acids is 4. The second kappa shape index (κ2) is 9.11. The summed E-state index contributed by atoms with van der Waals surface area (Å²) < 4.78 is 26.9. The van der Waals surface area contributed by atoms with E-state index in [1.165, 1.54) is 16.7 Å². The number of hydrogen-bond acceptors (Lipinski definition) is 10. The van der Waals surface area contributed by atoms with Gasteiger partial charge in [0.2, 0.25) is 12.7 Å². The van der Waals surface area contributed by atoms with Gasteiger partial charge in [-0.05, 0) is 45.8 Å². The number of β-lactam (4-membered cyclic amide) rings is 1. The van der Waals surface area contributed by atoms with Crippen LogP contribution in [0.5, 0.6) is 0 Å². The minimum Gasteiger partial charge on any atom is -0.430 e. The lowest BCUT2D eigenvalue weighted by molar-refractivity contribution is -0.175. The van der Waals surface area contributed by atoms with E-state index in [1.54, 1.807) is 27.7 Å². The second-order valence-electron chi connectivity index (χ2n) is 11.7. The van der Waals surface area contributed by atoms with Crippen LogP contribution in [0, 0.1) is 11.3 Å². The number of ether oxygens (including phenoxy) is 4. The first kappa shape index (κ1) is 27.5. The monoisotopic (exact) mass is 529 g/mol. The molecule has 0 radical (unpaired) electrons. The summed E-state index contributed by atoms with van der Waals surface area (Å²) in [5.74, 6) is -2.36. The third kappa shape index (κ3) is 5.24. The molecule has 0 aromatic carbocycles. The Morgan fingerprint density at radius 2 is 1.77 bits per heavy atom. The Morgan fingerprint density at radius 1 is 1.14 bits per heavy atom. The van der Waals surface area contributed by atoms with Gasteiger partial charge in [-0.25, -0.2) is 9.59 Å². The standard InChI is InChI=1S/C23H35NO9SSi/c1-21(2,3)19(27)31-12-30-18(26)15-13(10-32-35(8,9)22(4,5)6)34-17-14(16(25)24(15)17)23(7)11-29-20(28)33-23/h14,17H,10-12H2,1-9H3/t14?,17-,23?/m0/s1. The molecule has 3 atom stereocenters. The molecule has 2 fully saturated rings. The topological polar surface area (TPSA) is 118 Å². The molecular weight excluding hydrogens is 494 g/mol. The average molecular weight is 530 g/mol. The van der Waals surface area contributed by atoms with Crippen molar-refractivity contribution in [1.29, 1.82) is 0 Å². The first-order valence-electron chi connectivity index (χ1n) is 11.5. The summed E-state index contributed by atoms with van der Waals surface area (Å²) >= 11 is 1.32. The maximum absolute atomic E-state index is 13.2. The lowest BCUT2D eigenvalue weighted by Crippen LogP contribution is -2.65. The number of rotatable bonds is 7. The Morgan fingerprint density at radius 3 is 2.29 bits per heavy atom. The van der Waals surface area contributed by atoms with Crippen molar-refractivity contribution in [3.8, 4) is 0 Å². The number of esters is 2. The molecule has 35 heavy (non-hydrogen) atoms. The molecule has 0 saturated carbocycles. The molecule has 0 aromatic rings. The molecule has 1 amide bonds. The van der Waals surface area contributed by atoms with Crippen molar-refractivity contribution in [1.82, 2.24) is 4.90 Å². The SMILES string of the molecule is CC(C)(C)C(=O)OCOC(=O)C1=C(CO[Si](C)(C)C(C)(C)C)S[C@H]2C(C3(C)COC(=O)O3)C(=O)N12. The molecule has 0 N–H and O–H groups in total. The van der Waals surface area contributed by atoms with Gasteiger partial charge in [0.1, 0.15) is 23.6 Å². The summed E-state index contributed by atoms with van der Waals surface area (Å²) in [4.78, 5) is 51.7. The van der Waals surface area contributed by atoms with E-state index in [9.17, 15) is 19.2 Å². The van der Waals surface area contributed by atoms with E-state index in [0.717, 1.165) is 0 Å². The van der Waals surface area contributed by atoms with Crippen molar-refractivity contribution in [3.63, 3.8) is 0 Å². The average Bonchev–Trinajstić information content (AvgIpc) is 3.21. The van der Waals surface area contributed by atoms with Crippen LogP contribution in [0.15, 0.2) is 10.6 Å². The Hall–Kier alpha value is -2.05. The maximum atomic E-state index is 13.2. The predicted molar refractivity (Wildman–Crippen MR) is 129 cm³/mol.